The van der Waals surface area contributed by atoms with Crippen molar-refractivity contribution >= 4 is 29.7 Å². The first-order valence-corrected chi connectivity index (χ1v) is 10.9. The van der Waals surface area contributed by atoms with E-state index in [0.717, 1.165) is 0 Å². The van der Waals surface area contributed by atoms with Crippen LogP contribution in [0.25, 0.3) is 0 Å². The fourth-order valence-electron chi connectivity index (χ4n) is 2.87. The molecule has 13 heteroatoms. The van der Waals surface area contributed by atoms with Gasteiger partial charge in [-0.1, -0.05) is 20.3 Å². The number of carbonyl (C=O) groups excluding carboxylic acids is 3. The molecule has 10 N–H and O–H groups in total. The summed E-state index contributed by atoms with van der Waals surface area (Å²) in [6, 6.07) is -4.86. The van der Waals surface area contributed by atoms with Gasteiger partial charge in [-0.2, -0.15) is 0 Å². The van der Waals surface area contributed by atoms with E-state index in [1.165, 1.54) is 0 Å². The van der Waals surface area contributed by atoms with E-state index in [1.807, 2.05) is 0 Å². The van der Waals surface area contributed by atoms with Gasteiger partial charge in [0.25, 0.3) is 0 Å². The van der Waals surface area contributed by atoms with E-state index < -0.39 is 72.8 Å². The Balaban J connectivity index is 5.50. The molecule has 5 unspecified atom stereocenters. The second-order valence-corrected chi connectivity index (χ2v) is 7.84. The third-order valence-electron chi connectivity index (χ3n) is 5.17. The Bertz CT molecular complexity index is 675. The monoisotopic (exact) mass is 475 g/mol. The van der Waals surface area contributed by atoms with Gasteiger partial charge in [0.1, 0.15) is 24.2 Å². The molecule has 0 bridgehead atoms. The summed E-state index contributed by atoms with van der Waals surface area (Å²) in [6.07, 6.45) is 0.972. The zero-order valence-corrected chi connectivity index (χ0v) is 19.1. The van der Waals surface area contributed by atoms with Crippen molar-refractivity contribution in [3.05, 3.63) is 0 Å². The zero-order valence-electron chi connectivity index (χ0n) is 19.1. The SMILES string of the molecule is CCC(C)C(NC(=O)C(CCCCN)NC(=O)C(N)CO)C(=O)NC(CCC(=O)O)C(=O)O. The highest BCUT2D eigenvalue weighted by Gasteiger charge is 2.32. The summed E-state index contributed by atoms with van der Waals surface area (Å²) in [6.45, 7) is 3.22. The van der Waals surface area contributed by atoms with E-state index in [0.29, 0.717) is 25.8 Å². The maximum absolute atomic E-state index is 12.9. The number of nitrogens with two attached hydrogens (primary N) is 2. The number of hydrogen-bond donors (Lipinski definition) is 8. The average molecular weight is 476 g/mol. The summed E-state index contributed by atoms with van der Waals surface area (Å²) in [5.74, 6) is -5.21. The predicted octanol–water partition coefficient (Wildman–Crippen LogP) is -2.12. The average Bonchev–Trinajstić information content (AvgIpc) is 2.77. The molecule has 0 heterocycles. The number of amides is 3. The first kappa shape index (κ1) is 30.2. The number of aliphatic carboxylic acids is 2. The van der Waals surface area contributed by atoms with Crippen molar-refractivity contribution in [1.29, 1.82) is 0 Å². The maximum Gasteiger partial charge on any atom is 0.326 e. The van der Waals surface area contributed by atoms with Crippen LogP contribution in [-0.2, 0) is 24.0 Å². The maximum atomic E-state index is 12.9. The van der Waals surface area contributed by atoms with Gasteiger partial charge in [0.2, 0.25) is 17.7 Å². The molecule has 3 amide bonds. The van der Waals surface area contributed by atoms with Gasteiger partial charge < -0.3 is 42.7 Å². The van der Waals surface area contributed by atoms with Gasteiger partial charge in [0, 0.05) is 6.42 Å². The molecule has 0 radical (unpaired) electrons. The normalized spacial score (nSPS) is 15.4. The predicted molar refractivity (Wildman–Crippen MR) is 118 cm³/mol. The summed E-state index contributed by atoms with van der Waals surface area (Å²) < 4.78 is 0. The van der Waals surface area contributed by atoms with Gasteiger partial charge in [-0.25, -0.2) is 4.79 Å². The van der Waals surface area contributed by atoms with E-state index in [4.69, 9.17) is 21.7 Å². The molecule has 0 aliphatic rings. The number of unbranched alkanes of at least 4 members (excludes halogenated alkanes) is 1. The van der Waals surface area contributed by atoms with Crippen LogP contribution in [0, 0.1) is 5.92 Å². The van der Waals surface area contributed by atoms with Gasteiger partial charge in [-0.3, -0.25) is 19.2 Å². The van der Waals surface area contributed by atoms with E-state index in [2.05, 4.69) is 16.0 Å². The Kier molecular flexibility index (Phi) is 14.6. The van der Waals surface area contributed by atoms with Crippen molar-refractivity contribution in [2.75, 3.05) is 13.2 Å². The molecule has 0 aromatic carbocycles. The highest BCUT2D eigenvalue weighted by atomic mass is 16.4. The summed E-state index contributed by atoms with van der Waals surface area (Å²) in [5.41, 5.74) is 11.0. The number of carboxylic acids is 2. The van der Waals surface area contributed by atoms with Crippen LogP contribution in [0.4, 0.5) is 0 Å². The Labute approximate surface area is 192 Å². The molecule has 0 rings (SSSR count). The molecule has 5 atom stereocenters. The van der Waals surface area contributed by atoms with Crippen LogP contribution < -0.4 is 27.4 Å². The molecule has 0 spiro atoms. The summed E-state index contributed by atoms with van der Waals surface area (Å²) in [7, 11) is 0. The Morgan fingerprint density at radius 1 is 0.879 bits per heavy atom. The topological polar surface area (TPSA) is 234 Å². The molecular weight excluding hydrogens is 438 g/mol. The van der Waals surface area contributed by atoms with Crippen LogP contribution in [-0.4, -0.2) is 82.3 Å². The number of hydrogen-bond acceptors (Lipinski definition) is 8. The lowest BCUT2D eigenvalue weighted by atomic mass is 9.96. The minimum atomic E-state index is -1.44. The van der Waals surface area contributed by atoms with E-state index in [1.54, 1.807) is 13.8 Å². The number of aliphatic hydroxyl groups is 1. The van der Waals surface area contributed by atoms with Crippen molar-refractivity contribution in [2.24, 2.45) is 17.4 Å². The highest BCUT2D eigenvalue weighted by Crippen LogP contribution is 2.11. The minimum absolute atomic E-state index is 0.206. The third kappa shape index (κ3) is 11.6. The number of carbonyl (C=O) groups is 5. The lowest BCUT2D eigenvalue weighted by molar-refractivity contribution is -0.143. The van der Waals surface area contributed by atoms with Crippen LogP contribution >= 0.6 is 0 Å². The van der Waals surface area contributed by atoms with Gasteiger partial charge in [0.05, 0.1) is 6.61 Å². The van der Waals surface area contributed by atoms with E-state index in [-0.39, 0.29) is 12.8 Å². The number of carboxylic acid groups (broad SMARTS) is 2. The largest absolute Gasteiger partial charge is 0.481 e. The van der Waals surface area contributed by atoms with Gasteiger partial charge in [0.15, 0.2) is 0 Å². The van der Waals surface area contributed by atoms with Gasteiger partial charge >= 0.3 is 11.9 Å². The van der Waals surface area contributed by atoms with Crippen molar-refractivity contribution in [3.8, 4) is 0 Å². The van der Waals surface area contributed by atoms with Gasteiger partial charge in [-0.05, 0) is 38.1 Å². The summed E-state index contributed by atoms with van der Waals surface area (Å²) in [4.78, 5) is 60.0. The van der Waals surface area contributed by atoms with Crippen molar-refractivity contribution < 1.29 is 39.3 Å². The highest BCUT2D eigenvalue weighted by molar-refractivity contribution is 5.94. The number of nitrogens with one attached hydrogen (secondary N) is 3. The number of aliphatic hydroxyl groups excluding tert-OH is 1. The van der Waals surface area contributed by atoms with Crippen LogP contribution in [0.5, 0.6) is 0 Å². The first-order valence-electron chi connectivity index (χ1n) is 10.9. The Hall–Kier alpha value is -2.77. The molecular formula is C20H37N5O8. The van der Waals surface area contributed by atoms with Crippen molar-refractivity contribution in [1.82, 2.24) is 16.0 Å². The smallest absolute Gasteiger partial charge is 0.326 e. The molecule has 33 heavy (non-hydrogen) atoms. The van der Waals surface area contributed by atoms with Crippen LogP contribution in [0.2, 0.25) is 0 Å². The van der Waals surface area contributed by atoms with Gasteiger partial charge in [-0.15, -0.1) is 0 Å². The van der Waals surface area contributed by atoms with Crippen molar-refractivity contribution in [2.45, 2.75) is 76.5 Å². The Morgan fingerprint density at radius 3 is 1.97 bits per heavy atom. The molecule has 0 saturated carbocycles. The first-order chi connectivity index (χ1) is 15.5. The second-order valence-electron chi connectivity index (χ2n) is 7.84. The molecule has 0 aliphatic heterocycles. The third-order valence-corrected chi connectivity index (χ3v) is 5.17. The summed E-state index contributed by atoms with van der Waals surface area (Å²) >= 11 is 0. The van der Waals surface area contributed by atoms with Crippen molar-refractivity contribution in [3.63, 3.8) is 0 Å². The molecule has 0 fully saturated rings. The lowest BCUT2D eigenvalue weighted by Gasteiger charge is -2.28. The standard InChI is InChI=1S/C20H37N5O8/c1-3-11(2)16(19(31)24-14(20(32)33)7-8-15(27)28)25-18(30)13(6-4-5-9-21)23-17(29)12(22)10-26/h11-14,16,26H,3-10,21-22H2,1-2H3,(H,23,29)(H,24,31)(H,25,30)(H,27,28)(H,32,33). The molecule has 0 saturated heterocycles. The molecule has 190 valence electrons. The Morgan fingerprint density at radius 2 is 1.48 bits per heavy atom. The fourth-order valence-corrected chi connectivity index (χ4v) is 2.87. The quantitative estimate of drug-likeness (QED) is 0.106. The lowest BCUT2D eigenvalue weighted by Crippen LogP contribution is -2.58. The minimum Gasteiger partial charge on any atom is -0.481 e. The van der Waals surface area contributed by atoms with Crippen LogP contribution in [0.1, 0.15) is 52.4 Å². The van der Waals surface area contributed by atoms with E-state index >= 15 is 0 Å². The molecule has 0 aliphatic carbocycles. The van der Waals surface area contributed by atoms with Crippen LogP contribution in [0.3, 0.4) is 0 Å². The summed E-state index contributed by atoms with van der Waals surface area (Å²) in [5, 5.41) is 34.4. The fraction of sp³-hybridized carbons (Fsp3) is 0.750. The second kappa shape index (κ2) is 15.9. The molecule has 13 nitrogen and oxygen atoms in total. The van der Waals surface area contributed by atoms with E-state index in [9.17, 15) is 29.1 Å². The number of rotatable bonds is 17. The zero-order chi connectivity index (χ0) is 25.6. The molecule has 0 aromatic rings. The van der Waals surface area contributed by atoms with Crippen LogP contribution in [0.15, 0.2) is 0 Å². The molecule has 0 aromatic heterocycles.